The maximum atomic E-state index is 13.8. The van der Waals surface area contributed by atoms with E-state index in [9.17, 15) is 26.3 Å². The van der Waals surface area contributed by atoms with Crippen molar-refractivity contribution in [2.45, 2.75) is 322 Å². The van der Waals surface area contributed by atoms with Crippen molar-refractivity contribution < 1.29 is 40.6 Å². The summed E-state index contributed by atoms with van der Waals surface area (Å²) < 4.78 is 102. The van der Waals surface area contributed by atoms with Crippen LogP contribution in [-0.4, -0.2) is 50.0 Å². The van der Waals surface area contributed by atoms with E-state index < -0.39 is 24.2 Å². The van der Waals surface area contributed by atoms with E-state index in [0.29, 0.717) is 38.9 Å². The minimum Gasteiger partial charge on any atom is -0.376 e. The Labute approximate surface area is 386 Å². The summed E-state index contributed by atoms with van der Waals surface area (Å²) in [7, 11) is 0. The van der Waals surface area contributed by atoms with E-state index in [4.69, 9.17) is 14.2 Å². The summed E-state index contributed by atoms with van der Waals surface area (Å²) in [5, 5.41) is 0. The van der Waals surface area contributed by atoms with E-state index in [0.717, 1.165) is 116 Å². The molecule has 0 heterocycles. The number of alkyl halides is 6. The van der Waals surface area contributed by atoms with Crippen molar-refractivity contribution in [2.75, 3.05) is 13.2 Å². The highest BCUT2D eigenvalue weighted by Crippen LogP contribution is 2.36. The smallest absolute Gasteiger partial charge is 0.376 e. The second-order valence-electron chi connectivity index (χ2n) is 19.5. The lowest BCUT2D eigenvalue weighted by atomic mass is 9.94. The minimum absolute atomic E-state index is 0.0535. The van der Waals surface area contributed by atoms with E-state index >= 15 is 0 Å². The van der Waals surface area contributed by atoms with Gasteiger partial charge in [-0.05, 0) is 65.2 Å². The van der Waals surface area contributed by atoms with Gasteiger partial charge in [-0.25, -0.2) is 0 Å². The van der Waals surface area contributed by atoms with Crippen LogP contribution < -0.4 is 0 Å². The molecule has 0 fully saturated rings. The molecule has 0 aliphatic carbocycles. The summed E-state index contributed by atoms with van der Waals surface area (Å²) in [4.78, 5) is 0. The van der Waals surface area contributed by atoms with Crippen LogP contribution in [0.1, 0.15) is 286 Å². The average Bonchev–Trinajstić information content (AvgIpc) is 3.23. The number of hydrogen-bond acceptors (Lipinski definition) is 3. The van der Waals surface area contributed by atoms with Gasteiger partial charge in [-0.15, -0.1) is 0 Å². The third-order valence-corrected chi connectivity index (χ3v) is 13.5. The van der Waals surface area contributed by atoms with E-state index in [1.54, 1.807) is 0 Å². The molecule has 0 radical (unpaired) electrons. The summed E-state index contributed by atoms with van der Waals surface area (Å²) >= 11 is 0. The molecular formula is C54H104F6O3. The Balaban J connectivity index is 5.02. The number of ether oxygens (including phenoxy) is 3. The molecule has 0 aliphatic rings. The van der Waals surface area contributed by atoms with Crippen molar-refractivity contribution >= 4 is 0 Å². The van der Waals surface area contributed by atoms with Gasteiger partial charge >= 0.3 is 12.4 Å². The van der Waals surface area contributed by atoms with Crippen molar-refractivity contribution in [1.82, 2.24) is 0 Å². The zero-order chi connectivity index (χ0) is 46.9. The first kappa shape index (κ1) is 62.5. The molecule has 0 aromatic heterocycles. The Morgan fingerprint density at radius 1 is 0.302 bits per heavy atom. The van der Waals surface area contributed by atoms with Gasteiger partial charge in [0.05, 0.1) is 36.3 Å². The second-order valence-corrected chi connectivity index (χ2v) is 19.5. The van der Waals surface area contributed by atoms with Gasteiger partial charge < -0.3 is 14.2 Å². The van der Waals surface area contributed by atoms with Gasteiger partial charge in [-0.1, -0.05) is 220 Å². The van der Waals surface area contributed by atoms with E-state index in [2.05, 4.69) is 41.5 Å². The Morgan fingerprint density at radius 3 is 0.778 bits per heavy atom. The third-order valence-electron chi connectivity index (χ3n) is 13.5. The molecule has 6 unspecified atom stereocenters. The lowest BCUT2D eigenvalue weighted by Gasteiger charge is -2.31. The van der Waals surface area contributed by atoms with Crippen molar-refractivity contribution in [3.05, 3.63) is 0 Å². The van der Waals surface area contributed by atoms with Gasteiger partial charge in [0, 0.05) is 13.2 Å². The molecule has 380 valence electrons. The predicted molar refractivity (Wildman–Crippen MR) is 257 cm³/mol. The Morgan fingerprint density at radius 2 is 0.524 bits per heavy atom. The monoisotopic (exact) mass is 915 g/mol. The van der Waals surface area contributed by atoms with Gasteiger partial charge in [0.2, 0.25) is 0 Å². The van der Waals surface area contributed by atoms with Crippen molar-refractivity contribution in [1.29, 1.82) is 0 Å². The maximum absolute atomic E-state index is 13.8. The van der Waals surface area contributed by atoms with E-state index in [1.165, 1.54) is 77.0 Å². The highest BCUT2D eigenvalue weighted by Gasteiger charge is 2.39. The van der Waals surface area contributed by atoms with Gasteiger partial charge in [0.1, 0.15) is 0 Å². The normalized spacial score (nSPS) is 15.4. The molecule has 0 amide bonds. The summed E-state index contributed by atoms with van der Waals surface area (Å²) in [5.41, 5.74) is 0. The lowest BCUT2D eigenvalue weighted by Crippen LogP contribution is -2.38. The first-order valence-corrected chi connectivity index (χ1v) is 27.3. The third kappa shape index (κ3) is 38.2. The van der Waals surface area contributed by atoms with Crippen LogP contribution in [0.2, 0.25) is 0 Å². The average molecular weight is 915 g/mol. The van der Waals surface area contributed by atoms with Crippen molar-refractivity contribution in [2.24, 2.45) is 11.8 Å². The van der Waals surface area contributed by atoms with Crippen LogP contribution in [-0.2, 0) is 14.2 Å². The molecule has 0 saturated carbocycles. The predicted octanol–water partition coefficient (Wildman–Crippen LogP) is 19.8. The molecule has 0 N–H and O–H groups in total. The van der Waals surface area contributed by atoms with Crippen LogP contribution in [0.15, 0.2) is 0 Å². The molecule has 0 rings (SSSR count). The molecule has 0 saturated heterocycles. The first-order chi connectivity index (χ1) is 30.3. The fourth-order valence-corrected chi connectivity index (χ4v) is 9.12. The Bertz CT molecular complexity index is 858. The molecule has 3 nitrogen and oxygen atoms in total. The van der Waals surface area contributed by atoms with Crippen LogP contribution in [0, 0.1) is 11.8 Å². The maximum Gasteiger partial charge on any atom is 0.391 e. The highest BCUT2D eigenvalue weighted by atomic mass is 19.4. The summed E-state index contributed by atoms with van der Waals surface area (Å²) in [6.45, 7) is 14.2. The minimum atomic E-state index is -4.11. The molecule has 0 aliphatic heterocycles. The molecule has 9 heteroatoms. The summed E-state index contributed by atoms with van der Waals surface area (Å²) in [6, 6.07) is 0. The zero-order valence-corrected chi connectivity index (χ0v) is 42.2. The van der Waals surface area contributed by atoms with Crippen LogP contribution >= 0.6 is 0 Å². The first-order valence-electron chi connectivity index (χ1n) is 27.3. The summed E-state index contributed by atoms with van der Waals surface area (Å²) in [6.07, 6.45) is 26.8. The molecule has 63 heavy (non-hydrogen) atoms. The topological polar surface area (TPSA) is 27.7 Å². The van der Waals surface area contributed by atoms with Gasteiger partial charge in [-0.3, -0.25) is 0 Å². The SMILES string of the molecule is CCCCCCCCCC(CCCCCCOC(CCCCCCC)C(C)OC(C)C(CCCCCCC)OCCCCCCC(CCCCCCCCC)C(F)(F)F)C(F)(F)F. The Hall–Kier alpha value is -0.540. The number of rotatable bonds is 48. The largest absolute Gasteiger partial charge is 0.391 e. The molecule has 6 atom stereocenters. The van der Waals surface area contributed by atoms with Crippen LogP contribution in [0.25, 0.3) is 0 Å². The standard InChI is InChI=1S/C54H104F6O3/c1-7-11-15-19-21-25-31-39-49(53(55,56)57)41-33-27-29-37-45-61-51(43-35-23-17-13-9-3)47(5)63-48(6)52(44-36-24-18-14-10-4)62-46-38-30-28-34-42-50(54(58,59)60)40-32-26-22-20-16-12-8-2/h47-52H,7-46H2,1-6H3. The molecular weight excluding hydrogens is 811 g/mol. The number of unbranched alkanes of at least 4 members (excludes halogenated alkanes) is 26. The molecule has 0 aromatic rings. The summed E-state index contributed by atoms with van der Waals surface area (Å²) in [5.74, 6) is -2.36. The van der Waals surface area contributed by atoms with Crippen LogP contribution in [0.5, 0.6) is 0 Å². The second kappa shape index (κ2) is 42.8. The van der Waals surface area contributed by atoms with Gasteiger partial charge in [0.15, 0.2) is 0 Å². The number of hydrogen-bond donors (Lipinski definition) is 0. The quantitative estimate of drug-likeness (QED) is 0.0450. The molecule has 0 spiro atoms. The fourth-order valence-electron chi connectivity index (χ4n) is 9.12. The highest BCUT2D eigenvalue weighted by molar-refractivity contribution is 4.75. The van der Waals surface area contributed by atoms with Crippen LogP contribution in [0.4, 0.5) is 26.3 Å². The van der Waals surface area contributed by atoms with Gasteiger partial charge in [0.25, 0.3) is 0 Å². The van der Waals surface area contributed by atoms with Gasteiger partial charge in [-0.2, -0.15) is 26.3 Å². The fraction of sp³-hybridized carbons (Fsp3) is 1.00. The molecule has 0 aromatic carbocycles. The molecule has 0 bridgehead atoms. The van der Waals surface area contributed by atoms with Crippen molar-refractivity contribution in [3.8, 4) is 0 Å². The van der Waals surface area contributed by atoms with E-state index in [-0.39, 0.29) is 50.1 Å². The van der Waals surface area contributed by atoms with Crippen molar-refractivity contribution in [3.63, 3.8) is 0 Å². The zero-order valence-electron chi connectivity index (χ0n) is 42.2. The van der Waals surface area contributed by atoms with Crippen LogP contribution in [0.3, 0.4) is 0 Å². The Kier molecular flexibility index (Phi) is 42.4. The number of halogens is 6. The van der Waals surface area contributed by atoms with E-state index in [1.807, 2.05) is 0 Å². The lowest BCUT2D eigenvalue weighted by molar-refractivity contribution is -0.179.